The topological polar surface area (TPSA) is 373 Å². The van der Waals surface area contributed by atoms with Crippen molar-refractivity contribution in [1.29, 1.82) is 0 Å². The highest BCUT2D eigenvalue weighted by atomic mass is 16.8. The van der Waals surface area contributed by atoms with Crippen LogP contribution in [-0.4, -0.2) is 199 Å². The Bertz CT molecular complexity index is 1180. The van der Waals surface area contributed by atoms with Crippen LogP contribution in [0.5, 0.6) is 0 Å². The Hall–Kier alpha value is -2.39. The Kier molecular flexibility index (Phi) is 17.2. The molecule has 12 N–H and O–H groups in total. The number of hydrogen-bond acceptors (Lipinski definition) is 19. The molecule has 23 nitrogen and oxygen atoms in total. The van der Waals surface area contributed by atoms with Gasteiger partial charge in [-0.05, 0) is 18.4 Å². The number of hydrogen-bond donors (Lipinski definition) is 12. The average molecular weight is 759 g/mol. The van der Waals surface area contributed by atoms with Crippen molar-refractivity contribution >= 4 is 11.9 Å². The third-order valence-corrected chi connectivity index (χ3v) is 8.95. The van der Waals surface area contributed by atoms with Crippen LogP contribution in [0.2, 0.25) is 0 Å². The molecule has 16 atom stereocenters. The highest BCUT2D eigenvalue weighted by Gasteiger charge is 2.57. The molecule has 3 aliphatic rings. The molecule has 1 amide bonds. The zero-order valence-corrected chi connectivity index (χ0v) is 28.3. The van der Waals surface area contributed by atoms with Crippen molar-refractivity contribution in [3.05, 3.63) is 10.4 Å². The Morgan fingerprint density at radius 2 is 1.60 bits per heavy atom. The van der Waals surface area contributed by atoms with Crippen LogP contribution in [0.3, 0.4) is 0 Å². The molecule has 0 radical (unpaired) electrons. The van der Waals surface area contributed by atoms with E-state index in [4.69, 9.17) is 34.0 Å². The van der Waals surface area contributed by atoms with Gasteiger partial charge >= 0.3 is 5.97 Å². The number of carbonyl (C=O) groups excluding carboxylic acids is 1. The Labute approximate surface area is 296 Å². The van der Waals surface area contributed by atoms with Gasteiger partial charge in [0.2, 0.25) is 5.91 Å². The molecule has 0 aliphatic carbocycles. The number of carbonyl (C=O) groups is 2. The van der Waals surface area contributed by atoms with E-state index in [2.05, 4.69) is 15.3 Å². The maximum atomic E-state index is 12.5. The van der Waals surface area contributed by atoms with Crippen molar-refractivity contribution in [3.8, 4) is 0 Å². The number of carboxylic acid groups (broad SMARTS) is 1. The number of azide groups is 1. The molecule has 0 aromatic carbocycles. The molecule has 3 rings (SSSR count). The van der Waals surface area contributed by atoms with Gasteiger partial charge in [0.25, 0.3) is 5.79 Å². The first kappa shape index (κ1) is 44.0. The minimum atomic E-state index is -2.84. The van der Waals surface area contributed by atoms with E-state index in [1.807, 2.05) is 0 Å². The first-order valence-electron chi connectivity index (χ1n) is 16.7. The molecule has 300 valence electrons. The monoisotopic (exact) mass is 758 g/mol. The highest BCUT2D eigenvalue weighted by Crippen LogP contribution is 2.35. The van der Waals surface area contributed by atoms with Crippen molar-refractivity contribution in [2.75, 3.05) is 33.0 Å². The van der Waals surface area contributed by atoms with Crippen LogP contribution in [0.15, 0.2) is 5.11 Å². The van der Waals surface area contributed by atoms with Gasteiger partial charge in [0, 0.05) is 31.4 Å². The zero-order chi connectivity index (χ0) is 38.7. The lowest BCUT2D eigenvalue weighted by atomic mass is 9.88. The van der Waals surface area contributed by atoms with Gasteiger partial charge in [-0.3, -0.25) is 4.79 Å². The van der Waals surface area contributed by atoms with Gasteiger partial charge < -0.3 is 89.9 Å². The highest BCUT2D eigenvalue weighted by molar-refractivity contribution is 5.76. The smallest absolute Gasteiger partial charge is 0.364 e. The second kappa shape index (κ2) is 20.3. The molecule has 3 fully saturated rings. The summed E-state index contributed by atoms with van der Waals surface area (Å²) in [5, 5.41) is 120. The van der Waals surface area contributed by atoms with Gasteiger partial charge in [-0.15, -0.1) is 0 Å². The maximum absolute atomic E-state index is 12.5. The van der Waals surface area contributed by atoms with Gasteiger partial charge in [-0.2, -0.15) is 0 Å². The summed E-state index contributed by atoms with van der Waals surface area (Å²) < 4.78 is 33.3. The van der Waals surface area contributed by atoms with Crippen LogP contribution in [0, 0.1) is 0 Å². The minimum absolute atomic E-state index is 0.101. The molecule has 0 bridgehead atoms. The van der Waals surface area contributed by atoms with Gasteiger partial charge in [0.05, 0.1) is 32.0 Å². The molecule has 0 spiro atoms. The fraction of sp³-hybridized carbons (Fsp3) is 0.931. The number of amides is 1. The van der Waals surface area contributed by atoms with E-state index in [0.29, 0.717) is 25.8 Å². The first-order chi connectivity index (χ1) is 24.6. The Balaban J connectivity index is 1.70. The first-order valence-corrected chi connectivity index (χ1v) is 16.7. The second-order valence-electron chi connectivity index (χ2n) is 12.8. The predicted molar refractivity (Wildman–Crippen MR) is 166 cm³/mol. The number of nitrogens with zero attached hydrogens (tertiary/aromatic N) is 3. The summed E-state index contributed by atoms with van der Waals surface area (Å²) in [6.45, 7) is -1.25. The van der Waals surface area contributed by atoms with E-state index < -0.39 is 136 Å². The van der Waals surface area contributed by atoms with Crippen LogP contribution in [0.1, 0.15) is 39.0 Å². The van der Waals surface area contributed by atoms with Crippen LogP contribution in [0.25, 0.3) is 10.4 Å². The lowest BCUT2D eigenvalue weighted by Crippen LogP contribution is -2.68. The maximum Gasteiger partial charge on any atom is 0.364 e. The molecule has 0 saturated carbocycles. The number of aliphatic hydroxyl groups excluding tert-OH is 10. The van der Waals surface area contributed by atoms with E-state index in [1.165, 1.54) is 0 Å². The Morgan fingerprint density at radius 1 is 0.942 bits per heavy atom. The summed E-state index contributed by atoms with van der Waals surface area (Å²) in [6, 6.07) is -1.48. The van der Waals surface area contributed by atoms with Crippen molar-refractivity contribution in [1.82, 2.24) is 5.32 Å². The standard InChI is InChI=1S/C29H50N4O19/c1-12(36)32-17-13(37)8-29(28(45)46,52-25(17)18(39)14(38)9-34)48-11-16-19(40)20(41)22(43)27(50-16)51-24-15(10-35)49-26(23(44)21(24)42)47-7-5-3-2-4-6-31-33-30/h13-27,34-35,37-44H,2-11H2,1H3,(H,32,36)(H,45,46)/t13-,14+,15+,16+,17+,18+,19-,20-,21+,22+,23+,24+,25+,26+,27-,29+/m0/s1. The molecule has 3 saturated heterocycles. The molecule has 0 aromatic heterocycles. The lowest BCUT2D eigenvalue weighted by molar-refractivity contribution is -0.367. The molecular formula is C29H50N4O19. The van der Waals surface area contributed by atoms with Gasteiger partial charge in [-0.25, -0.2) is 4.79 Å². The summed E-state index contributed by atoms with van der Waals surface area (Å²) in [6.07, 6.45) is -23.4. The summed E-state index contributed by atoms with van der Waals surface area (Å²) in [7, 11) is 0. The number of nitrogens with one attached hydrogen (secondary N) is 1. The molecule has 0 aromatic rings. The molecule has 3 heterocycles. The van der Waals surface area contributed by atoms with Gasteiger partial charge in [0.1, 0.15) is 67.1 Å². The lowest BCUT2D eigenvalue weighted by Gasteiger charge is -2.48. The number of carboxylic acids is 1. The zero-order valence-electron chi connectivity index (χ0n) is 28.3. The van der Waals surface area contributed by atoms with Crippen LogP contribution in [0.4, 0.5) is 0 Å². The number of aliphatic hydroxyl groups is 10. The summed E-state index contributed by atoms with van der Waals surface area (Å²) in [5.41, 5.74) is 8.31. The van der Waals surface area contributed by atoms with Crippen LogP contribution >= 0.6 is 0 Å². The molecular weight excluding hydrogens is 708 g/mol. The third-order valence-electron chi connectivity index (χ3n) is 8.95. The second-order valence-corrected chi connectivity index (χ2v) is 12.8. The molecule has 3 aliphatic heterocycles. The molecule has 52 heavy (non-hydrogen) atoms. The summed E-state index contributed by atoms with van der Waals surface area (Å²) in [5.74, 6) is -5.43. The summed E-state index contributed by atoms with van der Waals surface area (Å²) >= 11 is 0. The number of unbranched alkanes of at least 4 members (excludes halogenated alkanes) is 3. The molecule has 23 heteroatoms. The van der Waals surface area contributed by atoms with E-state index in [0.717, 1.165) is 13.3 Å². The number of aliphatic carboxylic acids is 1. The van der Waals surface area contributed by atoms with Gasteiger partial charge in [0.15, 0.2) is 12.6 Å². The van der Waals surface area contributed by atoms with Crippen LogP contribution in [-0.2, 0) is 38.0 Å². The van der Waals surface area contributed by atoms with E-state index in [-0.39, 0.29) is 6.61 Å². The van der Waals surface area contributed by atoms with E-state index >= 15 is 0 Å². The Morgan fingerprint density at radius 3 is 2.21 bits per heavy atom. The minimum Gasteiger partial charge on any atom is -0.477 e. The predicted octanol–water partition coefficient (Wildman–Crippen LogP) is -5.33. The van der Waals surface area contributed by atoms with Crippen molar-refractivity contribution in [2.45, 2.75) is 137 Å². The SMILES string of the molecule is CC(=O)N[C@H]1[C@H]([C@H](O)[C@H](O)CO)O[C@@](OC[C@H]2O[C@@H](O[C@H]3[C@H](O)[C@@H](O)[C@H](OCCCCCCN=[N+]=[N-])O[C@@H]3CO)[C@H](O)[C@@H](O)[C@H]2O)(C(=O)O)C[C@@H]1O. The quantitative estimate of drug-likeness (QED) is 0.0253. The van der Waals surface area contributed by atoms with E-state index in [9.17, 15) is 65.8 Å². The third kappa shape index (κ3) is 10.9. The van der Waals surface area contributed by atoms with Crippen molar-refractivity contribution in [3.63, 3.8) is 0 Å². The average Bonchev–Trinajstić information content (AvgIpc) is 3.11. The number of rotatable bonds is 19. The normalized spacial score (nSPS) is 39.2. The van der Waals surface area contributed by atoms with E-state index in [1.54, 1.807) is 0 Å². The largest absolute Gasteiger partial charge is 0.477 e. The van der Waals surface area contributed by atoms with Crippen LogP contribution < -0.4 is 5.32 Å². The van der Waals surface area contributed by atoms with Crippen molar-refractivity contribution < 1.29 is 94.2 Å². The fourth-order valence-corrected chi connectivity index (χ4v) is 6.06. The van der Waals surface area contributed by atoms with Crippen molar-refractivity contribution in [2.24, 2.45) is 5.11 Å². The number of ether oxygens (including phenoxy) is 6. The summed E-state index contributed by atoms with van der Waals surface area (Å²) in [4.78, 5) is 26.9. The van der Waals surface area contributed by atoms with Gasteiger partial charge in [-0.1, -0.05) is 18.0 Å². The molecule has 0 unspecified atom stereocenters. The fourth-order valence-electron chi connectivity index (χ4n) is 6.06.